The fraction of sp³-hybridized carbons (Fsp3) is 0.538. The SMILES string of the molecule is CC(O)C1CCN(c2nc(C(=O)O)ccc2[N+](=O)[O-])CC1. The van der Waals surface area contributed by atoms with Crippen LogP contribution in [0.4, 0.5) is 11.5 Å². The number of rotatable bonds is 4. The Balaban J connectivity index is 2.27. The van der Waals surface area contributed by atoms with E-state index in [4.69, 9.17) is 5.11 Å². The molecule has 1 saturated heterocycles. The summed E-state index contributed by atoms with van der Waals surface area (Å²) in [5.41, 5.74) is -0.413. The van der Waals surface area contributed by atoms with E-state index in [2.05, 4.69) is 4.98 Å². The highest BCUT2D eigenvalue weighted by Crippen LogP contribution is 2.30. The molecule has 8 nitrogen and oxygen atoms in total. The molecule has 1 atom stereocenters. The van der Waals surface area contributed by atoms with Gasteiger partial charge in [-0.3, -0.25) is 10.1 Å². The van der Waals surface area contributed by atoms with Crippen molar-refractivity contribution in [2.24, 2.45) is 5.92 Å². The van der Waals surface area contributed by atoms with Gasteiger partial charge in [-0.15, -0.1) is 0 Å². The normalized spacial score (nSPS) is 17.5. The minimum Gasteiger partial charge on any atom is -0.477 e. The molecule has 0 spiro atoms. The number of carboxylic acid groups (broad SMARTS) is 1. The van der Waals surface area contributed by atoms with Gasteiger partial charge >= 0.3 is 11.7 Å². The smallest absolute Gasteiger partial charge is 0.354 e. The van der Waals surface area contributed by atoms with E-state index in [1.165, 1.54) is 6.07 Å². The number of pyridine rings is 1. The van der Waals surface area contributed by atoms with Crippen LogP contribution in [-0.2, 0) is 0 Å². The topological polar surface area (TPSA) is 117 Å². The standard InChI is InChI=1S/C13H17N3O5/c1-8(17)9-4-6-15(7-5-9)12-11(16(20)21)3-2-10(14-12)13(18)19/h2-3,8-9,17H,4-7H2,1H3,(H,18,19). The molecule has 8 heteroatoms. The molecule has 2 rings (SSSR count). The lowest BCUT2D eigenvalue weighted by Crippen LogP contribution is -2.38. The quantitative estimate of drug-likeness (QED) is 0.634. The molecule has 2 heterocycles. The highest BCUT2D eigenvalue weighted by atomic mass is 16.6. The molecule has 0 amide bonds. The summed E-state index contributed by atoms with van der Waals surface area (Å²) in [5, 5.41) is 29.6. The van der Waals surface area contributed by atoms with E-state index in [-0.39, 0.29) is 23.1 Å². The largest absolute Gasteiger partial charge is 0.477 e. The molecule has 1 aliphatic heterocycles. The number of anilines is 1. The number of hydrogen-bond acceptors (Lipinski definition) is 6. The van der Waals surface area contributed by atoms with E-state index in [1.54, 1.807) is 11.8 Å². The zero-order valence-corrected chi connectivity index (χ0v) is 11.6. The Morgan fingerprint density at radius 2 is 2.10 bits per heavy atom. The first-order valence-electron chi connectivity index (χ1n) is 6.72. The lowest BCUT2D eigenvalue weighted by Gasteiger charge is -2.33. The van der Waals surface area contributed by atoms with Gasteiger partial charge in [0, 0.05) is 19.2 Å². The molecule has 1 unspecified atom stereocenters. The first-order chi connectivity index (χ1) is 9.90. The highest BCUT2D eigenvalue weighted by molar-refractivity contribution is 5.86. The van der Waals surface area contributed by atoms with Gasteiger partial charge in [-0.1, -0.05) is 0 Å². The molecule has 1 aliphatic rings. The second kappa shape index (κ2) is 6.04. The van der Waals surface area contributed by atoms with Gasteiger partial charge in [0.2, 0.25) is 5.82 Å². The minimum atomic E-state index is -1.22. The van der Waals surface area contributed by atoms with Crippen LogP contribution in [0, 0.1) is 16.0 Å². The summed E-state index contributed by atoms with van der Waals surface area (Å²) in [5.74, 6) is -0.975. The van der Waals surface area contributed by atoms with E-state index in [0.717, 1.165) is 6.07 Å². The predicted molar refractivity (Wildman–Crippen MR) is 74.5 cm³/mol. The van der Waals surface area contributed by atoms with Crippen LogP contribution < -0.4 is 4.90 Å². The Bertz CT molecular complexity index is 553. The molecule has 21 heavy (non-hydrogen) atoms. The first-order valence-corrected chi connectivity index (χ1v) is 6.72. The van der Waals surface area contributed by atoms with Crippen LogP contribution in [0.2, 0.25) is 0 Å². The molecule has 0 aliphatic carbocycles. The maximum absolute atomic E-state index is 11.1. The third-order valence-corrected chi connectivity index (χ3v) is 3.79. The average molecular weight is 295 g/mol. The van der Waals surface area contributed by atoms with E-state index < -0.39 is 17.0 Å². The Morgan fingerprint density at radius 3 is 2.57 bits per heavy atom. The summed E-state index contributed by atoms with van der Waals surface area (Å²) in [6.45, 7) is 2.74. The summed E-state index contributed by atoms with van der Waals surface area (Å²) in [4.78, 5) is 27.1. The summed E-state index contributed by atoms with van der Waals surface area (Å²) in [6.07, 6.45) is 0.960. The van der Waals surface area contributed by atoms with Gasteiger partial charge in [0.1, 0.15) is 0 Å². The van der Waals surface area contributed by atoms with Crippen LogP contribution in [0.3, 0.4) is 0 Å². The van der Waals surface area contributed by atoms with Crippen LogP contribution in [0.25, 0.3) is 0 Å². The predicted octanol–water partition coefficient (Wildman–Crippen LogP) is 1.29. The molecular weight excluding hydrogens is 278 g/mol. The number of aliphatic hydroxyl groups excluding tert-OH is 1. The molecule has 1 fully saturated rings. The van der Waals surface area contributed by atoms with Crippen molar-refractivity contribution >= 4 is 17.5 Å². The molecule has 1 aromatic rings. The first kappa shape index (κ1) is 15.2. The van der Waals surface area contributed by atoms with E-state index in [0.29, 0.717) is 25.9 Å². The van der Waals surface area contributed by atoms with Crippen LogP contribution in [0.15, 0.2) is 12.1 Å². The second-order valence-electron chi connectivity index (χ2n) is 5.17. The number of piperidine rings is 1. The van der Waals surface area contributed by atoms with Crippen molar-refractivity contribution in [2.45, 2.75) is 25.9 Å². The molecule has 114 valence electrons. The van der Waals surface area contributed by atoms with Gasteiger partial charge in [-0.2, -0.15) is 0 Å². The summed E-state index contributed by atoms with van der Waals surface area (Å²) < 4.78 is 0. The van der Waals surface area contributed by atoms with E-state index >= 15 is 0 Å². The van der Waals surface area contributed by atoms with Crippen molar-refractivity contribution in [1.82, 2.24) is 4.98 Å². The van der Waals surface area contributed by atoms with Crippen molar-refractivity contribution in [3.63, 3.8) is 0 Å². The number of hydrogen-bond donors (Lipinski definition) is 2. The molecule has 1 aromatic heterocycles. The summed E-state index contributed by atoms with van der Waals surface area (Å²) in [6, 6.07) is 2.30. The van der Waals surface area contributed by atoms with Gasteiger partial charge in [0.15, 0.2) is 5.69 Å². The van der Waals surface area contributed by atoms with Crippen LogP contribution in [0.1, 0.15) is 30.3 Å². The Morgan fingerprint density at radius 1 is 1.48 bits per heavy atom. The second-order valence-corrected chi connectivity index (χ2v) is 5.17. The van der Waals surface area contributed by atoms with Crippen LogP contribution in [-0.4, -0.2) is 45.3 Å². The fourth-order valence-electron chi connectivity index (χ4n) is 2.53. The Kier molecular flexibility index (Phi) is 4.37. The maximum Gasteiger partial charge on any atom is 0.354 e. The number of carbonyl (C=O) groups is 1. The third-order valence-electron chi connectivity index (χ3n) is 3.79. The molecule has 0 radical (unpaired) electrons. The van der Waals surface area contributed by atoms with E-state index in [1.807, 2.05) is 0 Å². The Hall–Kier alpha value is -2.22. The molecular formula is C13H17N3O5. The molecule has 0 aromatic carbocycles. The number of aliphatic hydroxyl groups is 1. The highest BCUT2D eigenvalue weighted by Gasteiger charge is 2.28. The lowest BCUT2D eigenvalue weighted by molar-refractivity contribution is -0.384. The zero-order chi connectivity index (χ0) is 15.6. The summed E-state index contributed by atoms with van der Waals surface area (Å²) in [7, 11) is 0. The third kappa shape index (κ3) is 3.27. The van der Waals surface area contributed by atoms with Crippen molar-refractivity contribution in [3.05, 3.63) is 27.9 Å². The number of aromatic nitrogens is 1. The van der Waals surface area contributed by atoms with E-state index in [9.17, 15) is 20.0 Å². The van der Waals surface area contributed by atoms with Crippen LogP contribution >= 0.6 is 0 Å². The number of carboxylic acids is 1. The van der Waals surface area contributed by atoms with Gasteiger partial charge in [-0.25, -0.2) is 9.78 Å². The average Bonchev–Trinajstić information content (AvgIpc) is 2.46. The molecule has 2 N–H and O–H groups in total. The van der Waals surface area contributed by atoms with Gasteiger partial charge in [0.25, 0.3) is 0 Å². The van der Waals surface area contributed by atoms with Gasteiger partial charge < -0.3 is 15.1 Å². The van der Waals surface area contributed by atoms with Crippen molar-refractivity contribution < 1.29 is 19.9 Å². The number of aromatic carboxylic acids is 1. The van der Waals surface area contributed by atoms with Crippen molar-refractivity contribution in [2.75, 3.05) is 18.0 Å². The molecule has 0 saturated carbocycles. The van der Waals surface area contributed by atoms with Crippen molar-refractivity contribution in [3.8, 4) is 0 Å². The number of nitro groups is 1. The maximum atomic E-state index is 11.1. The number of nitrogens with zero attached hydrogens (tertiary/aromatic N) is 3. The fourth-order valence-corrected chi connectivity index (χ4v) is 2.53. The molecule has 0 bridgehead atoms. The zero-order valence-electron chi connectivity index (χ0n) is 11.6. The Labute approximate surface area is 121 Å². The van der Waals surface area contributed by atoms with Gasteiger partial charge in [0.05, 0.1) is 11.0 Å². The van der Waals surface area contributed by atoms with Crippen LogP contribution in [0.5, 0.6) is 0 Å². The monoisotopic (exact) mass is 295 g/mol. The van der Waals surface area contributed by atoms with Gasteiger partial charge in [-0.05, 0) is 31.7 Å². The summed E-state index contributed by atoms with van der Waals surface area (Å²) >= 11 is 0. The van der Waals surface area contributed by atoms with Crippen molar-refractivity contribution in [1.29, 1.82) is 0 Å². The lowest BCUT2D eigenvalue weighted by atomic mass is 9.92. The minimum absolute atomic E-state index is 0.0870.